The maximum absolute atomic E-state index is 12.3. The minimum absolute atomic E-state index is 0.0547. The molecule has 25 heavy (non-hydrogen) atoms. The third kappa shape index (κ3) is 4.62. The van der Waals surface area contributed by atoms with Crippen molar-refractivity contribution in [3.63, 3.8) is 0 Å². The topological polar surface area (TPSA) is 32.3 Å². The van der Waals surface area contributed by atoms with E-state index in [0.717, 1.165) is 31.0 Å². The van der Waals surface area contributed by atoms with E-state index in [0.29, 0.717) is 12.6 Å². The number of hydrogen-bond acceptors (Lipinski definition) is 2. The first kappa shape index (κ1) is 18.0. The van der Waals surface area contributed by atoms with E-state index in [1.54, 1.807) is 0 Å². The number of benzene rings is 2. The van der Waals surface area contributed by atoms with Crippen LogP contribution in [0.1, 0.15) is 36.9 Å². The molecule has 1 aliphatic heterocycles. The van der Waals surface area contributed by atoms with E-state index in [1.165, 1.54) is 11.1 Å². The molecule has 0 unspecified atom stereocenters. The number of amides is 1. The molecule has 1 saturated heterocycles. The van der Waals surface area contributed by atoms with Gasteiger partial charge in [0.2, 0.25) is 5.91 Å². The Hall–Kier alpha value is -1.84. The van der Waals surface area contributed by atoms with Crippen LogP contribution in [0, 0.1) is 5.92 Å². The molecule has 0 aromatic heterocycles. The number of piperidine rings is 1. The number of halogens is 1. The molecule has 0 saturated carbocycles. The Morgan fingerprint density at radius 2 is 1.96 bits per heavy atom. The summed E-state index contributed by atoms with van der Waals surface area (Å²) in [6, 6.07) is 18.9. The van der Waals surface area contributed by atoms with Gasteiger partial charge >= 0.3 is 0 Å². The third-order valence-corrected chi connectivity index (χ3v) is 5.10. The van der Waals surface area contributed by atoms with E-state index in [9.17, 15) is 4.79 Å². The fourth-order valence-electron chi connectivity index (χ4n) is 3.67. The SMILES string of the molecule is CCNC(=O)[C@H]1CC[C@@H](c2ccccc2)N(Cc2cccc(Cl)c2)C1. The molecule has 1 amide bonds. The Morgan fingerprint density at radius 3 is 2.68 bits per heavy atom. The van der Waals surface area contributed by atoms with E-state index in [2.05, 4.69) is 40.5 Å². The van der Waals surface area contributed by atoms with Gasteiger partial charge in [0.15, 0.2) is 0 Å². The molecular formula is C21H25ClN2O. The van der Waals surface area contributed by atoms with Crippen LogP contribution < -0.4 is 5.32 Å². The van der Waals surface area contributed by atoms with Crippen LogP contribution in [0.5, 0.6) is 0 Å². The summed E-state index contributed by atoms with van der Waals surface area (Å²) in [6.45, 7) is 4.23. The number of nitrogens with one attached hydrogen (secondary N) is 1. The quantitative estimate of drug-likeness (QED) is 0.859. The fraction of sp³-hybridized carbons (Fsp3) is 0.381. The number of rotatable bonds is 5. The smallest absolute Gasteiger partial charge is 0.224 e. The van der Waals surface area contributed by atoms with Crippen molar-refractivity contribution in [2.24, 2.45) is 5.92 Å². The lowest BCUT2D eigenvalue weighted by Gasteiger charge is -2.39. The minimum Gasteiger partial charge on any atom is -0.356 e. The maximum Gasteiger partial charge on any atom is 0.224 e. The van der Waals surface area contributed by atoms with Gasteiger partial charge in [-0.05, 0) is 43.0 Å². The first-order chi connectivity index (χ1) is 12.2. The predicted octanol–water partition coefficient (Wildman–Crippen LogP) is 4.43. The molecule has 1 fully saturated rings. The fourth-order valence-corrected chi connectivity index (χ4v) is 3.89. The highest BCUT2D eigenvalue weighted by molar-refractivity contribution is 6.30. The maximum atomic E-state index is 12.3. The van der Waals surface area contributed by atoms with Gasteiger partial charge in [-0.3, -0.25) is 9.69 Å². The monoisotopic (exact) mass is 356 g/mol. The number of hydrogen-bond donors (Lipinski definition) is 1. The van der Waals surface area contributed by atoms with Crippen molar-refractivity contribution in [3.05, 3.63) is 70.7 Å². The summed E-state index contributed by atoms with van der Waals surface area (Å²) in [5, 5.41) is 3.73. The molecule has 2 aromatic rings. The summed E-state index contributed by atoms with van der Waals surface area (Å²) in [5.41, 5.74) is 2.50. The van der Waals surface area contributed by atoms with Gasteiger partial charge in [0.1, 0.15) is 0 Å². The van der Waals surface area contributed by atoms with Crippen molar-refractivity contribution in [1.29, 1.82) is 0 Å². The van der Waals surface area contributed by atoms with Crippen molar-refractivity contribution in [3.8, 4) is 0 Å². The highest BCUT2D eigenvalue weighted by atomic mass is 35.5. The molecule has 0 bridgehead atoms. The zero-order valence-electron chi connectivity index (χ0n) is 14.6. The molecule has 2 aromatic carbocycles. The largest absolute Gasteiger partial charge is 0.356 e. The minimum atomic E-state index is 0.0547. The van der Waals surface area contributed by atoms with Gasteiger partial charge < -0.3 is 5.32 Å². The number of carbonyl (C=O) groups excluding carboxylic acids is 1. The lowest BCUT2D eigenvalue weighted by molar-refractivity contribution is -0.127. The predicted molar refractivity (Wildman–Crippen MR) is 102 cm³/mol. The van der Waals surface area contributed by atoms with Crippen molar-refractivity contribution >= 4 is 17.5 Å². The zero-order chi connectivity index (χ0) is 17.6. The van der Waals surface area contributed by atoms with Gasteiger partial charge in [0, 0.05) is 30.7 Å². The molecule has 2 atom stereocenters. The Morgan fingerprint density at radius 1 is 1.16 bits per heavy atom. The average Bonchev–Trinajstić information content (AvgIpc) is 2.63. The van der Waals surface area contributed by atoms with E-state index < -0.39 is 0 Å². The molecule has 0 radical (unpaired) electrons. The van der Waals surface area contributed by atoms with E-state index in [1.807, 2.05) is 31.2 Å². The van der Waals surface area contributed by atoms with Crippen LogP contribution in [0.4, 0.5) is 0 Å². The molecule has 3 rings (SSSR count). The molecule has 3 nitrogen and oxygen atoms in total. The highest BCUT2D eigenvalue weighted by Gasteiger charge is 2.32. The van der Waals surface area contributed by atoms with Crippen molar-refractivity contribution in [1.82, 2.24) is 10.2 Å². The molecule has 1 aliphatic rings. The summed E-state index contributed by atoms with van der Waals surface area (Å²) in [4.78, 5) is 14.8. The molecular weight excluding hydrogens is 332 g/mol. The third-order valence-electron chi connectivity index (χ3n) is 4.87. The second-order valence-electron chi connectivity index (χ2n) is 6.65. The molecule has 132 valence electrons. The van der Waals surface area contributed by atoms with Crippen LogP contribution in [0.25, 0.3) is 0 Å². The Balaban J connectivity index is 1.81. The summed E-state index contributed by atoms with van der Waals surface area (Å²) >= 11 is 6.15. The van der Waals surface area contributed by atoms with Crippen LogP contribution in [-0.4, -0.2) is 23.9 Å². The lowest BCUT2D eigenvalue weighted by Crippen LogP contribution is -2.44. The van der Waals surface area contributed by atoms with Gasteiger partial charge in [0.05, 0.1) is 5.92 Å². The number of carbonyl (C=O) groups is 1. The molecule has 0 spiro atoms. The van der Waals surface area contributed by atoms with Gasteiger partial charge in [0.25, 0.3) is 0 Å². The van der Waals surface area contributed by atoms with Gasteiger partial charge in [-0.15, -0.1) is 0 Å². The van der Waals surface area contributed by atoms with Crippen molar-refractivity contribution < 1.29 is 4.79 Å². The van der Waals surface area contributed by atoms with E-state index in [-0.39, 0.29) is 11.8 Å². The van der Waals surface area contributed by atoms with Crippen LogP contribution in [0.2, 0.25) is 5.02 Å². The average molecular weight is 357 g/mol. The second kappa shape index (κ2) is 8.50. The number of nitrogens with zero attached hydrogens (tertiary/aromatic N) is 1. The Kier molecular flexibility index (Phi) is 6.11. The lowest BCUT2D eigenvalue weighted by atomic mass is 9.88. The normalized spacial score (nSPS) is 21.0. The first-order valence-corrected chi connectivity index (χ1v) is 9.36. The first-order valence-electron chi connectivity index (χ1n) is 8.98. The van der Waals surface area contributed by atoms with Crippen LogP contribution in [0.3, 0.4) is 0 Å². The summed E-state index contributed by atoms with van der Waals surface area (Å²) in [6.07, 6.45) is 1.92. The van der Waals surface area contributed by atoms with Gasteiger partial charge in [-0.25, -0.2) is 0 Å². The second-order valence-corrected chi connectivity index (χ2v) is 7.09. The van der Waals surface area contributed by atoms with Gasteiger partial charge in [-0.1, -0.05) is 54.1 Å². The van der Waals surface area contributed by atoms with E-state index in [4.69, 9.17) is 11.6 Å². The van der Waals surface area contributed by atoms with Crippen molar-refractivity contribution in [2.45, 2.75) is 32.4 Å². The Bertz CT molecular complexity index is 704. The van der Waals surface area contributed by atoms with Gasteiger partial charge in [-0.2, -0.15) is 0 Å². The molecule has 0 aliphatic carbocycles. The molecule has 1 N–H and O–H groups in total. The van der Waals surface area contributed by atoms with Crippen molar-refractivity contribution in [2.75, 3.05) is 13.1 Å². The molecule has 1 heterocycles. The number of likely N-dealkylation sites (tertiary alicyclic amines) is 1. The summed E-state index contributed by atoms with van der Waals surface area (Å²) in [7, 11) is 0. The Labute approximate surface area is 155 Å². The summed E-state index contributed by atoms with van der Waals surface area (Å²) in [5.74, 6) is 0.226. The van der Waals surface area contributed by atoms with Crippen LogP contribution in [-0.2, 0) is 11.3 Å². The zero-order valence-corrected chi connectivity index (χ0v) is 15.4. The highest BCUT2D eigenvalue weighted by Crippen LogP contribution is 2.34. The standard InChI is InChI=1S/C21H25ClN2O/c1-2-23-21(25)18-11-12-20(17-8-4-3-5-9-17)24(15-18)14-16-7-6-10-19(22)13-16/h3-10,13,18,20H,2,11-12,14-15H2,1H3,(H,23,25)/t18-,20-/m0/s1. The van der Waals surface area contributed by atoms with E-state index >= 15 is 0 Å². The van der Waals surface area contributed by atoms with Crippen LogP contribution >= 0.6 is 11.6 Å². The van der Waals surface area contributed by atoms with Crippen LogP contribution in [0.15, 0.2) is 54.6 Å². The summed E-state index contributed by atoms with van der Waals surface area (Å²) < 4.78 is 0. The molecule has 4 heteroatoms.